The molecule has 6 nitrogen and oxygen atoms in total. The number of fused-ring (bicyclic) bond motifs is 2. The van der Waals surface area contributed by atoms with E-state index < -0.39 is 0 Å². The Morgan fingerprint density at radius 2 is 0.778 bits per heavy atom. The lowest BCUT2D eigenvalue weighted by Crippen LogP contribution is -2.21. The quantitative estimate of drug-likeness (QED) is 0.453. The van der Waals surface area contributed by atoms with Crippen molar-refractivity contribution in [1.29, 1.82) is 0 Å². The number of hydrogen-bond donors (Lipinski definition) is 0. The van der Waals surface area contributed by atoms with Crippen molar-refractivity contribution < 1.29 is 28.7 Å². The van der Waals surface area contributed by atoms with Crippen LogP contribution in [0.1, 0.15) is 86.5 Å². The van der Waals surface area contributed by atoms with Crippen molar-refractivity contribution in [3.63, 3.8) is 0 Å². The van der Waals surface area contributed by atoms with E-state index in [0.29, 0.717) is 0 Å². The molecule has 0 aromatic heterocycles. The molecule has 4 aliphatic rings. The lowest BCUT2D eigenvalue weighted by atomic mass is 9.81. The van der Waals surface area contributed by atoms with E-state index in [0.717, 1.165) is 51.4 Å². The first-order valence-corrected chi connectivity index (χ1v) is 9.50. The van der Waals surface area contributed by atoms with Gasteiger partial charge >= 0.3 is 23.9 Å². The molecule has 4 fully saturated rings. The van der Waals surface area contributed by atoms with Crippen molar-refractivity contribution in [2.75, 3.05) is 0 Å². The molecule has 0 bridgehead atoms. The Labute approximate surface area is 163 Å². The zero-order chi connectivity index (χ0) is 18.4. The van der Waals surface area contributed by atoms with Gasteiger partial charge in [0, 0.05) is 0 Å². The third-order valence-electron chi connectivity index (χ3n) is 5.15. The second kappa shape index (κ2) is 11.9. The summed E-state index contributed by atoms with van der Waals surface area (Å²) >= 11 is 0. The van der Waals surface area contributed by atoms with Gasteiger partial charge in [-0.15, -0.1) is 0 Å². The number of hydrogen-bond acceptors (Lipinski definition) is 6. The lowest BCUT2D eigenvalue weighted by Gasteiger charge is -2.18. The van der Waals surface area contributed by atoms with E-state index in [-0.39, 0.29) is 62.4 Å². The smallest absolute Gasteiger partial charge is 0.317 e. The van der Waals surface area contributed by atoms with E-state index in [1.54, 1.807) is 0 Å². The standard InChI is InChI=1S/2C8H10O3.C3H8.2CH4/c2*9-7-5-3-1-2-4-6(5)8(10)11-7;1-3-2;;/h2*5-6H,1-4H2;3H2,1-2H3;2*1H4. The van der Waals surface area contributed by atoms with E-state index in [4.69, 9.17) is 0 Å². The van der Waals surface area contributed by atoms with Crippen LogP contribution in [-0.4, -0.2) is 23.9 Å². The molecule has 2 heterocycles. The molecule has 27 heavy (non-hydrogen) atoms. The molecule has 0 N–H and O–H groups in total. The predicted molar refractivity (Wildman–Crippen MR) is 103 cm³/mol. The van der Waals surface area contributed by atoms with E-state index >= 15 is 0 Å². The molecule has 6 heteroatoms. The van der Waals surface area contributed by atoms with Gasteiger partial charge in [-0.3, -0.25) is 19.2 Å². The molecule has 156 valence electrons. The number of esters is 4. The first kappa shape index (κ1) is 25.3. The molecule has 0 radical (unpaired) electrons. The van der Waals surface area contributed by atoms with Crippen LogP contribution in [0.5, 0.6) is 0 Å². The Kier molecular flexibility index (Phi) is 11.1. The average molecular weight is 385 g/mol. The van der Waals surface area contributed by atoms with Crippen LogP contribution in [-0.2, 0) is 28.7 Å². The van der Waals surface area contributed by atoms with Crippen molar-refractivity contribution in [3.8, 4) is 0 Å². The van der Waals surface area contributed by atoms with Gasteiger partial charge < -0.3 is 9.47 Å². The highest BCUT2D eigenvalue weighted by Gasteiger charge is 2.45. The number of rotatable bonds is 0. The Morgan fingerprint density at radius 1 is 0.593 bits per heavy atom. The highest BCUT2D eigenvalue weighted by molar-refractivity contribution is 5.97. The second-order valence-electron chi connectivity index (χ2n) is 7.18. The molecular weight excluding hydrogens is 348 g/mol. The Morgan fingerprint density at radius 3 is 0.963 bits per heavy atom. The summed E-state index contributed by atoms with van der Waals surface area (Å²) in [5, 5.41) is 0. The molecule has 2 saturated carbocycles. The zero-order valence-corrected chi connectivity index (χ0v) is 15.1. The maximum atomic E-state index is 11.0. The van der Waals surface area contributed by atoms with E-state index in [2.05, 4.69) is 23.3 Å². The van der Waals surface area contributed by atoms with E-state index in [1.807, 2.05) is 0 Å². The van der Waals surface area contributed by atoms with E-state index in [1.165, 1.54) is 6.42 Å². The van der Waals surface area contributed by atoms with Crippen molar-refractivity contribution >= 4 is 23.9 Å². The molecule has 4 unspecified atom stereocenters. The fraction of sp³-hybridized carbons (Fsp3) is 0.810. The molecule has 0 spiro atoms. The number of carbonyl (C=O) groups is 4. The van der Waals surface area contributed by atoms with Gasteiger partial charge in [0.2, 0.25) is 0 Å². The van der Waals surface area contributed by atoms with Crippen LogP contribution in [0.15, 0.2) is 0 Å². The molecule has 0 aromatic carbocycles. The van der Waals surface area contributed by atoms with Crippen molar-refractivity contribution in [2.24, 2.45) is 23.7 Å². The molecular formula is C21H36O6. The average Bonchev–Trinajstić information content (AvgIpc) is 3.06. The normalized spacial score (nSPS) is 30.6. The van der Waals surface area contributed by atoms with Gasteiger partial charge in [0.25, 0.3) is 0 Å². The minimum Gasteiger partial charge on any atom is -0.393 e. The summed E-state index contributed by atoms with van der Waals surface area (Å²) in [5.74, 6) is -1.57. The summed E-state index contributed by atoms with van der Waals surface area (Å²) in [4.78, 5) is 43.9. The summed E-state index contributed by atoms with van der Waals surface area (Å²) in [6.07, 6.45) is 8.86. The first-order chi connectivity index (χ1) is 12.0. The predicted octanol–water partition coefficient (Wildman–Crippen LogP) is 4.44. The topological polar surface area (TPSA) is 86.7 Å². The Hall–Kier alpha value is -1.72. The third-order valence-corrected chi connectivity index (χ3v) is 5.15. The first-order valence-electron chi connectivity index (χ1n) is 9.50. The lowest BCUT2D eigenvalue weighted by molar-refractivity contribution is -0.155. The monoisotopic (exact) mass is 384 g/mol. The SMILES string of the molecule is C.C.CCC.O=C1OC(=O)C2CCCCC12.O=C1OC(=O)C2CCCCC12. The van der Waals surface area contributed by atoms with Crippen molar-refractivity contribution in [1.82, 2.24) is 0 Å². The summed E-state index contributed by atoms with van der Waals surface area (Å²) in [6, 6.07) is 0. The highest BCUT2D eigenvalue weighted by atomic mass is 16.6. The van der Waals surface area contributed by atoms with Crippen LogP contribution in [0.2, 0.25) is 0 Å². The van der Waals surface area contributed by atoms with Crippen molar-refractivity contribution in [3.05, 3.63) is 0 Å². The van der Waals surface area contributed by atoms with Gasteiger partial charge in [-0.1, -0.05) is 60.8 Å². The van der Waals surface area contributed by atoms with E-state index in [9.17, 15) is 19.2 Å². The molecule has 2 saturated heterocycles. The van der Waals surface area contributed by atoms with Gasteiger partial charge in [0.1, 0.15) is 0 Å². The summed E-state index contributed by atoms with van der Waals surface area (Å²) in [6.45, 7) is 4.25. The summed E-state index contributed by atoms with van der Waals surface area (Å²) < 4.78 is 9.06. The molecule has 0 amide bonds. The minimum atomic E-state index is -0.292. The fourth-order valence-electron chi connectivity index (χ4n) is 3.89. The van der Waals surface area contributed by atoms with Gasteiger partial charge in [-0.25, -0.2) is 0 Å². The van der Waals surface area contributed by atoms with Gasteiger partial charge in [-0.2, -0.15) is 0 Å². The van der Waals surface area contributed by atoms with Crippen LogP contribution in [0.25, 0.3) is 0 Å². The maximum absolute atomic E-state index is 11.0. The third kappa shape index (κ3) is 6.15. The van der Waals surface area contributed by atoms with Crippen LogP contribution in [0.3, 0.4) is 0 Å². The summed E-state index contributed by atoms with van der Waals surface area (Å²) in [7, 11) is 0. The highest BCUT2D eigenvalue weighted by Crippen LogP contribution is 2.37. The Bertz CT molecular complexity index is 437. The van der Waals surface area contributed by atoms with Gasteiger partial charge in [0.05, 0.1) is 23.7 Å². The van der Waals surface area contributed by atoms with Crippen molar-refractivity contribution in [2.45, 2.75) is 86.5 Å². The molecule has 0 aromatic rings. The molecule has 2 aliphatic carbocycles. The van der Waals surface area contributed by atoms with Crippen LogP contribution >= 0.6 is 0 Å². The number of ether oxygens (including phenoxy) is 2. The Balaban J connectivity index is 0.000000412. The number of carbonyl (C=O) groups excluding carboxylic acids is 4. The summed E-state index contributed by atoms with van der Waals surface area (Å²) in [5.41, 5.74) is 0. The maximum Gasteiger partial charge on any atom is 0.317 e. The van der Waals surface area contributed by atoms with Gasteiger partial charge in [-0.05, 0) is 25.7 Å². The molecule has 2 aliphatic heterocycles. The van der Waals surface area contributed by atoms with Crippen LogP contribution in [0.4, 0.5) is 0 Å². The fourth-order valence-corrected chi connectivity index (χ4v) is 3.89. The minimum absolute atomic E-state index is 0. The van der Waals surface area contributed by atoms with Gasteiger partial charge in [0.15, 0.2) is 0 Å². The van der Waals surface area contributed by atoms with Crippen LogP contribution in [0, 0.1) is 23.7 Å². The molecule has 4 rings (SSSR count). The second-order valence-corrected chi connectivity index (χ2v) is 7.18. The number of cyclic esters (lactones) is 4. The zero-order valence-electron chi connectivity index (χ0n) is 15.1. The largest absolute Gasteiger partial charge is 0.393 e. The van der Waals surface area contributed by atoms with Crippen LogP contribution < -0.4 is 0 Å². The molecule has 4 atom stereocenters.